The Morgan fingerprint density at radius 2 is 0.412 bits per heavy atom. The summed E-state index contributed by atoms with van der Waals surface area (Å²) in [6, 6.07) is 0. The lowest BCUT2D eigenvalue weighted by Crippen LogP contribution is -2.90. The van der Waals surface area contributed by atoms with E-state index in [1.165, 1.54) is 0 Å². The van der Waals surface area contributed by atoms with E-state index in [2.05, 4.69) is 0 Å². The van der Waals surface area contributed by atoms with Crippen LogP contribution < -0.4 is 0 Å². The van der Waals surface area contributed by atoms with Crippen LogP contribution in [0.25, 0.3) is 0 Å². The van der Waals surface area contributed by atoms with Crippen LogP contribution in [0.5, 0.6) is 0 Å². The highest BCUT2D eigenvalue weighted by Crippen LogP contribution is 2.16. The maximum Gasteiger partial charge on any atom is -0.000000000000163 e. The molecular formula is B34-2. The summed E-state index contributed by atoms with van der Waals surface area (Å²) in [5.41, 5.74) is 0. The van der Waals surface area contributed by atoms with Gasteiger partial charge in [-0.15, -0.1) is 0 Å². The topological polar surface area (TPSA) is 0 Å². The minimum atomic E-state index is -1.16. The van der Waals surface area contributed by atoms with E-state index in [0.717, 1.165) is 0 Å². The Hall–Kier alpha value is 2.21. The summed E-state index contributed by atoms with van der Waals surface area (Å²) in [4.78, 5) is 0. The van der Waals surface area contributed by atoms with Gasteiger partial charge < -0.3 is 21.9 Å². The highest BCUT2D eigenvalue weighted by atomic mass is 13.4. The van der Waals surface area contributed by atoms with Gasteiger partial charge in [0.05, 0.1) is 0 Å². The Kier molecular flexibility index (Phi) is 17.4. The van der Waals surface area contributed by atoms with Gasteiger partial charge in [0.25, 0.3) is 0 Å². The molecule has 0 saturated heterocycles. The van der Waals surface area contributed by atoms with E-state index < -0.39 is 102 Å². The van der Waals surface area contributed by atoms with Crippen LogP contribution in [-0.4, -0.2) is 241 Å². The van der Waals surface area contributed by atoms with E-state index in [4.69, 9.17) is 139 Å². The molecule has 0 aromatic carbocycles. The molecule has 0 heterocycles. The molecule has 34 heavy (non-hydrogen) atoms. The summed E-state index contributed by atoms with van der Waals surface area (Å²) >= 11 is 0. The lowest BCUT2D eigenvalue weighted by molar-refractivity contribution is 3.24. The maximum atomic E-state index is 6.24. The monoisotopic (exact) mass is 374 g/mol. The normalized spacial score (nSPS) is 9.59. The van der Waals surface area contributed by atoms with E-state index in [9.17, 15) is 0 Å². The molecule has 0 aliphatic rings. The zero-order valence-corrected chi connectivity index (χ0v) is 19.6. The SMILES string of the molecule is [B]B([B])B(B([B])[B])B(B(B([B])[B])B([B])[B])B(B(B([B])[B])B([B])[B])B(B([B])[B])B(B([B])[B])B([B-])[B-]. The Labute approximate surface area is 240 Å². The van der Waals surface area contributed by atoms with Crippen molar-refractivity contribution < 1.29 is 0 Å². The highest BCUT2D eigenvalue weighted by molar-refractivity contribution is 8.29. The van der Waals surface area contributed by atoms with Crippen molar-refractivity contribution in [3.05, 3.63) is 0 Å². The van der Waals surface area contributed by atoms with Crippen LogP contribution in [-0.2, 0) is 0 Å². The third-order valence-corrected chi connectivity index (χ3v) is 6.67. The Morgan fingerprint density at radius 1 is 0.235 bits per heavy atom. The van der Waals surface area contributed by atoms with Crippen LogP contribution in [0.4, 0.5) is 0 Å². The fraction of sp³-hybridized carbons (Fsp3) is 0. The summed E-state index contributed by atoms with van der Waals surface area (Å²) in [5.74, 6) is 0. The van der Waals surface area contributed by atoms with Gasteiger partial charge in [0, 0.05) is 0 Å². The van der Waals surface area contributed by atoms with Gasteiger partial charge in [-0.1, -0.05) is 6.39 Å². The van der Waals surface area contributed by atoms with E-state index in [1.807, 2.05) is 0 Å². The minimum Gasteiger partial charge on any atom is -0.729 e. The zero-order valence-electron chi connectivity index (χ0n) is 19.6. The fourth-order valence-corrected chi connectivity index (χ4v) is 5.39. The summed E-state index contributed by atoms with van der Waals surface area (Å²) < 4.78 is 0. The predicted molar refractivity (Wildman–Crippen MR) is 196 cm³/mol. The molecule has 0 bridgehead atoms. The molecule has 0 aliphatic heterocycles. The standard InChI is InChI=1S/B34/c1-19(2)28(20(3)4)32(27(17)18)34(31(25(13)14)26(15)16)33(29(21(5)6)22(7)8)30(23(9)10)24(11)12/q-2. The summed E-state index contributed by atoms with van der Waals surface area (Å²) in [5, 5.41) is 0. The zero-order chi connectivity index (χ0) is 27.2. The number of hydrogen-bond acceptors (Lipinski definition) is 0. The van der Waals surface area contributed by atoms with E-state index in [-0.39, 0.29) is 0 Å². The van der Waals surface area contributed by atoms with Gasteiger partial charge in [0.2, 0.25) is 0 Å². The molecule has 0 aliphatic carbocycles. The molecule has 0 atom stereocenters. The van der Waals surface area contributed by atoms with Crippen molar-refractivity contribution in [1.29, 1.82) is 0 Å². The molecule has 0 nitrogen and oxygen atoms in total. The largest absolute Gasteiger partial charge is 0.729 e. The lowest BCUT2D eigenvalue weighted by atomic mass is 8.29. The van der Waals surface area contributed by atoms with Crippen molar-refractivity contribution in [2.45, 2.75) is 0 Å². The average molecular weight is 368 g/mol. The predicted octanol–water partition coefficient (Wildman–Crippen LogP) is -12.9. The van der Waals surface area contributed by atoms with Crippen molar-refractivity contribution in [2.24, 2.45) is 0 Å². The average Bonchev–Trinajstić information content (AvgIpc) is 2.60. The second-order valence-electron chi connectivity index (χ2n) is 9.24. The van der Waals surface area contributed by atoms with Gasteiger partial charge in [-0.3, -0.25) is 0 Å². The molecule has 38 radical (unpaired) electrons. The first-order chi connectivity index (χ1) is 15.4. The quantitative estimate of drug-likeness (QED) is 0.252. The molecule has 34 heteroatoms. The molecule has 0 fully saturated rings. The molecule has 0 aromatic rings. The molecule has 0 unspecified atom stereocenters. The third-order valence-electron chi connectivity index (χ3n) is 6.67. The van der Waals surface area contributed by atoms with Crippen molar-refractivity contribution in [1.82, 2.24) is 0 Å². The molecule has 104 valence electrons. The van der Waals surface area contributed by atoms with Crippen LogP contribution >= 0.6 is 0 Å². The number of rotatable bonds is 15. The fourth-order valence-electron chi connectivity index (χ4n) is 5.39. The Balaban J connectivity index is 7.58. The first kappa shape index (κ1) is 36.2. The smallest absolute Gasteiger partial charge is 0.000000000000163 e. The summed E-state index contributed by atoms with van der Waals surface area (Å²) in [7, 11) is 110. The lowest BCUT2D eigenvalue weighted by Gasteiger charge is -2.57. The Morgan fingerprint density at radius 3 is 0.559 bits per heavy atom. The maximum absolute atomic E-state index is 6.24. The molecular weight excluding hydrogens is 368 g/mol. The summed E-state index contributed by atoms with van der Waals surface area (Å²) in [6.07, 6.45) is -16.7. The van der Waals surface area contributed by atoms with Crippen molar-refractivity contribution in [2.75, 3.05) is 0 Å². The molecule has 0 amide bonds. The third kappa shape index (κ3) is 9.75. The van der Waals surface area contributed by atoms with Crippen LogP contribution in [0, 0.1) is 0 Å². The molecule has 0 aromatic heterocycles. The van der Waals surface area contributed by atoms with Gasteiger partial charge in [-0.2, -0.15) is 0 Å². The molecule has 0 rings (SSSR count). The van der Waals surface area contributed by atoms with E-state index in [1.54, 1.807) is 0 Å². The first-order valence-electron chi connectivity index (χ1n) is 11.0. The van der Waals surface area contributed by atoms with Crippen LogP contribution in [0.2, 0.25) is 0 Å². The van der Waals surface area contributed by atoms with Gasteiger partial charge in [0.1, 0.15) is 0 Å². The van der Waals surface area contributed by atoms with E-state index >= 15 is 0 Å². The van der Waals surface area contributed by atoms with Crippen molar-refractivity contribution in [3.63, 3.8) is 0 Å². The van der Waals surface area contributed by atoms with Gasteiger partial charge in [0.15, 0.2) is 0 Å². The van der Waals surface area contributed by atoms with Gasteiger partial charge in [-0.05, 0) is 213 Å². The highest BCUT2D eigenvalue weighted by Gasteiger charge is 2.53. The molecule has 0 N–H and O–H groups in total. The molecule has 0 saturated carbocycles. The van der Waals surface area contributed by atoms with Gasteiger partial charge in [-0.25, -0.2) is 0 Å². The van der Waals surface area contributed by atoms with Crippen LogP contribution in [0.3, 0.4) is 0 Å². The first-order valence-corrected chi connectivity index (χ1v) is 11.0. The molecule has 0 spiro atoms. The second-order valence-corrected chi connectivity index (χ2v) is 9.24. The summed E-state index contributed by atoms with van der Waals surface area (Å²) in [6.45, 7) is 0. The second kappa shape index (κ2) is 16.3. The van der Waals surface area contributed by atoms with Crippen LogP contribution in [0.1, 0.15) is 0 Å². The van der Waals surface area contributed by atoms with Crippen LogP contribution in [0.15, 0.2) is 0 Å². The minimum absolute atomic E-state index is 0.917. The van der Waals surface area contributed by atoms with E-state index in [0.29, 0.717) is 0 Å². The van der Waals surface area contributed by atoms with Crippen molar-refractivity contribution >= 4 is 241 Å². The number of hydrogen-bond donors (Lipinski definition) is 0. The van der Waals surface area contributed by atoms with Crippen molar-refractivity contribution in [3.8, 4) is 0 Å². The Bertz CT molecular complexity index is 466. The van der Waals surface area contributed by atoms with Gasteiger partial charge >= 0.3 is 0 Å².